The third kappa shape index (κ3) is 3.24. The van der Waals surface area contributed by atoms with Gasteiger partial charge in [-0.05, 0) is 43.9 Å². The molecule has 0 saturated heterocycles. The summed E-state index contributed by atoms with van der Waals surface area (Å²) in [7, 11) is -2.04. The minimum absolute atomic E-state index is 0.165. The van der Waals surface area contributed by atoms with Crippen molar-refractivity contribution in [2.75, 3.05) is 7.11 Å². The van der Waals surface area contributed by atoms with Gasteiger partial charge in [0.25, 0.3) is 10.0 Å². The summed E-state index contributed by atoms with van der Waals surface area (Å²) in [6.45, 7) is -0.191. The Balaban J connectivity index is 1.68. The molecule has 0 unspecified atom stereocenters. The van der Waals surface area contributed by atoms with Gasteiger partial charge in [0.2, 0.25) is 0 Å². The number of aromatic nitrogens is 4. The minimum Gasteiger partial charge on any atom is -0.388 e. The highest BCUT2D eigenvalue weighted by Gasteiger charge is 2.28. The Morgan fingerprint density at radius 2 is 1.87 bits per heavy atom. The summed E-state index contributed by atoms with van der Waals surface area (Å²) in [5.74, 6) is 0.573. The smallest absolute Gasteiger partial charge is 0.269 e. The van der Waals surface area contributed by atoms with E-state index in [0.29, 0.717) is 22.4 Å². The molecule has 0 amide bonds. The number of nitrogens with zero attached hydrogens (tertiary/aromatic N) is 4. The van der Waals surface area contributed by atoms with Gasteiger partial charge in [-0.25, -0.2) is 22.4 Å². The maximum absolute atomic E-state index is 13.2. The SMILES string of the molecule is COC1CCC(n2c(CO)nc3cnc4c(ccn4S(=O)(=O)c4ccccc4)c32)CC1. The van der Waals surface area contributed by atoms with Crippen LogP contribution >= 0.6 is 0 Å². The number of imidazole rings is 1. The number of ether oxygens (including phenoxy) is 1. The summed E-state index contributed by atoms with van der Waals surface area (Å²) < 4.78 is 35.2. The Bertz CT molecular complexity index is 1340. The molecule has 1 saturated carbocycles. The number of methoxy groups -OCH3 is 1. The summed E-state index contributed by atoms with van der Waals surface area (Å²) in [6, 6.07) is 10.3. The first-order valence-corrected chi connectivity index (χ1v) is 11.8. The van der Waals surface area contributed by atoms with Crippen molar-refractivity contribution in [3.8, 4) is 0 Å². The monoisotopic (exact) mass is 440 g/mol. The number of fused-ring (bicyclic) bond motifs is 3. The summed E-state index contributed by atoms with van der Waals surface area (Å²) in [5.41, 5.74) is 1.82. The second kappa shape index (κ2) is 7.74. The average molecular weight is 441 g/mol. The van der Waals surface area contributed by atoms with E-state index in [4.69, 9.17) is 4.74 Å². The lowest BCUT2D eigenvalue weighted by atomic mass is 9.92. The predicted molar refractivity (Wildman–Crippen MR) is 116 cm³/mol. The molecule has 1 fully saturated rings. The minimum atomic E-state index is -3.78. The topological polar surface area (TPSA) is 99.2 Å². The summed E-state index contributed by atoms with van der Waals surface area (Å²) in [6.07, 6.45) is 7.06. The Kier molecular flexibility index (Phi) is 5.04. The fourth-order valence-electron chi connectivity index (χ4n) is 4.64. The van der Waals surface area contributed by atoms with Gasteiger partial charge in [-0.3, -0.25) is 0 Å². The maximum Gasteiger partial charge on any atom is 0.269 e. The van der Waals surface area contributed by atoms with Crippen LogP contribution in [0.4, 0.5) is 0 Å². The molecule has 0 spiro atoms. The van der Waals surface area contributed by atoms with E-state index in [2.05, 4.69) is 14.5 Å². The lowest BCUT2D eigenvalue weighted by Crippen LogP contribution is -2.23. The van der Waals surface area contributed by atoms with Crippen LogP contribution in [0.15, 0.2) is 53.7 Å². The summed E-state index contributed by atoms with van der Waals surface area (Å²) >= 11 is 0. The second-order valence-electron chi connectivity index (χ2n) is 7.88. The Morgan fingerprint density at radius 3 is 2.55 bits per heavy atom. The van der Waals surface area contributed by atoms with Crippen LogP contribution in [0.25, 0.3) is 22.1 Å². The van der Waals surface area contributed by atoms with Crippen LogP contribution in [0.1, 0.15) is 37.5 Å². The maximum atomic E-state index is 13.2. The number of hydrogen-bond acceptors (Lipinski definition) is 6. The van der Waals surface area contributed by atoms with Crippen LogP contribution in [0.5, 0.6) is 0 Å². The molecule has 1 aliphatic carbocycles. The highest BCUT2D eigenvalue weighted by atomic mass is 32.2. The largest absolute Gasteiger partial charge is 0.388 e. The highest BCUT2D eigenvalue weighted by Crippen LogP contribution is 2.36. The van der Waals surface area contributed by atoms with Gasteiger partial charge in [0.1, 0.15) is 17.9 Å². The highest BCUT2D eigenvalue weighted by molar-refractivity contribution is 7.90. The number of pyridine rings is 1. The molecule has 0 bridgehead atoms. The van der Waals surface area contributed by atoms with E-state index in [-0.39, 0.29) is 23.6 Å². The second-order valence-corrected chi connectivity index (χ2v) is 9.70. The van der Waals surface area contributed by atoms with Crippen LogP contribution in [0.2, 0.25) is 0 Å². The fraction of sp³-hybridized carbons (Fsp3) is 0.364. The average Bonchev–Trinajstić information content (AvgIpc) is 3.41. The van der Waals surface area contributed by atoms with E-state index in [1.807, 2.05) is 0 Å². The Hall–Kier alpha value is -2.75. The van der Waals surface area contributed by atoms with Gasteiger partial charge in [-0.2, -0.15) is 0 Å². The van der Waals surface area contributed by atoms with Crippen LogP contribution < -0.4 is 0 Å². The molecule has 31 heavy (non-hydrogen) atoms. The molecule has 1 aliphatic rings. The third-order valence-corrected chi connectivity index (χ3v) is 7.87. The van der Waals surface area contributed by atoms with E-state index in [9.17, 15) is 13.5 Å². The molecule has 5 rings (SSSR count). The lowest BCUT2D eigenvalue weighted by molar-refractivity contribution is 0.0581. The Labute approximate surface area is 180 Å². The normalized spacial score (nSPS) is 19.9. The molecule has 1 N–H and O–H groups in total. The number of rotatable bonds is 5. The first kappa shape index (κ1) is 20.2. The van der Waals surface area contributed by atoms with E-state index in [1.54, 1.807) is 49.7 Å². The van der Waals surface area contributed by atoms with Crippen molar-refractivity contribution in [1.29, 1.82) is 0 Å². The molecule has 1 aromatic carbocycles. The molecule has 0 radical (unpaired) electrons. The van der Waals surface area contributed by atoms with Crippen LogP contribution in [0, 0.1) is 0 Å². The zero-order valence-electron chi connectivity index (χ0n) is 17.2. The molecular formula is C22H24N4O4S. The van der Waals surface area contributed by atoms with E-state index < -0.39 is 10.0 Å². The fourth-order valence-corrected chi connectivity index (χ4v) is 5.96. The number of benzene rings is 1. The van der Waals surface area contributed by atoms with Crippen LogP contribution in [-0.4, -0.2) is 45.2 Å². The van der Waals surface area contributed by atoms with Gasteiger partial charge < -0.3 is 14.4 Å². The zero-order chi connectivity index (χ0) is 21.6. The van der Waals surface area contributed by atoms with E-state index in [0.717, 1.165) is 31.2 Å². The quantitative estimate of drug-likeness (QED) is 0.511. The molecular weight excluding hydrogens is 416 g/mol. The summed E-state index contributed by atoms with van der Waals surface area (Å²) in [5, 5.41) is 10.7. The standard InChI is InChI=1S/C22H24N4O4S/c1-30-16-9-7-15(8-10-16)26-20(14-27)24-19-13-23-22-18(21(19)26)11-12-25(22)31(28,29)17-5-3-2-4-6-17/h2-6,11-13,15-16,27H,7-10,14H2,1H3. The number of hydrogen-bond donors (Lipinski definition) is 1. The molecule has 8 nitrogen and oxygen atoms in total. The third-order valence-electron chi connectivity index (χ3n) is 6.19. The molecule has 3 aromatic heterocycles. The zero-order valence-corrected chi connectivity index (χ0v) is 18.0. The molecule has 162 valence electrons. The predicted octanol–water partition coefficient (Wildman–Crippen LogP) is 3.25. The van der Waals surface area contributed by atoms with Gasteiger partial charge in [-0.1, -0.05) is 18.2 Å². The number of aliphatic hydroxyl groups is 1. The first-order valence-electron chi connectivity index (χ1n) is 10.4. The lowest BCUT2D eigenvalue weighted by Gasteiger charge is -2.30. The van der Waals surface area contributed by atoms with Gasteiger partial charge in [-0.15, -0.1) is 0 Å². The van der Waals surface area contributed by atoms with Crippen LogP contribution in [0.3, 0.4) is 0 Å². The van der Waals surface area contributed by atoms with E-state index >= 15 is 0 Å². The van der Waals surface area contributed by atoms with Crippen molar-refractivity contribution >= 4 is 32.1 Å². The van der Waals surface area contributed by atoms with Crippen molar-refractivity contribution < 1.29 is 18.3 Å². The van der Waals surface area contributed by atoms with Crippen molar-refractivity contribution in [3.63, 3.8) is 0 Å². The van der Waals surface area contributed by atoms with E-state index in [1.165, 1.54) is 10.2 Å². The van der Waals surface area contributed by atoms with Crippen molar-refractivity contribution in [3.05, 3.63) is 54.6 Å². The van der Waals surface area contributed by atoms with Crippen LogP contribution in [-0.2, 0) is 21.4 Å². The molecule has 4 aromatic rings. The van der Waals surface area contributed by atoms with Gasteiger partial charge in [0.05, 0.1) is 22.7 Å². The van der Waals surface area contributed by atoms with Gasteiger partial charge in [0, 0.05) is 24.7 Å². The molecule has 3 heterocycles. The summed E-state index contributed by atoms with van der Waals surface area (Å²) in [4.78, 5) is 9.22. The van der Waals surface area contributed by atoms with Crippen molar-refractivity contribution in [1.82, 2.24) is 18.5 Å². The number of aliphatic hydroxyl groups excluding tert-OH is 1. The molecule has 9 heteroatoms. The molecule has 0 aliphatic heterocycles. The van der Waals surface area contributed by atoms with Crippen molar-refractivity contribution in [2.24, 2.45) is 0 Å². The van der Waals surface area contributed by atoms with Crippen molar-refractivity contribution in [2.45, 2.75) is 49.3 Å². The molecule has 0 atom stereocenters. The first-order chi connectivity index (χ1) is 15.0. The van der Waals surface area contributed by atoms with Gasteiger partial charge in [0.15, 0.2) is 5.65 Å². The van der Waals surface area contributed by atoms with Gasteiger partial charge >= 0.3 is 0 Å². The Morgan fingerprint density at radius 1 is 1.13 bits per heavy atom.